The summed E-state index contributed by atoms with van der Waals surface area (Å²) in [7, 11) is 3.48. The van der Waals surface area contributed by atoms with Crippen LogP contribution in [-0.4, -0.2) is 113 Å². The molecule has 312 valence electrons. The molecular formula is C43H63N7O7. The molecule has 1 aliphatic rings. The molecule has 2 heterocycles. The minimum absolute atomic E-state index is 0.168. The zero-order chi connectivity index (χ0) is 40.7. The number of aromatic nitrogens is 1. The number of ether oxygens (including phenoxy) is 5. The number of methoxy groups -OCH3 is 1. The van der Waals surface area contributed by atoms with E-state index in [2.05, 4.69) is 32.3 Å². The summed E-state index contributed by atoms with van der Waals surface area (Å²) < 4.78 is 27.1. The number of benzene rings is 2. The number of esters is 1. The molecule has 6 N–H and O–H groups in total. The number of hydrogen-bond acceptors (Lipinski definition) is 12. The lowest BCUT2D eigenvalue weighted by atomic mass is 9.84. The third kappa shape index (κ3) is 16.1. The number of hydrogen-bond donors (Lipinski definition) is 4. The molecule has 1 unspecified atom stereocenters. The van der Waals surface area contributed by atoms with E-state index in [0.717, 1.165) is 74.2 Å². The number of carbonyl (C=O) groups is 2. The molecule has 14 nitrogen and oxygen atoms in total. The molecule has 3 aromatic rings. The number of amidine groups is 1. The highest BCUT2D eigenvalue weighted by Crippen LogP contribution is 2.31. The van der Waals surface area contributed by atoms with Crippen molar-refractivity contribution in [1.29, 1.82) is 0 Å². The lowest BCUT2D eigenvalue weighted by Crippen LogP contribution is -2.58. The molecule has 2 aromatic carbocycles. The number of carbonyl (C=O) groups excluding carboxylic acids is 2. The summed E-state index contributed by atoms with van der Waals surface area (Å²) in [6.07, 6.45) is 9.38. The molecule has 0 bridgehead atoms. The zero-order valence-corrected chi connectivity index (χ0v) is 34.0. The van der Waals surface area contributed by atoms with Gasteiger partial charge in [0.1, 0.15) is 17.8 Å². The van der Waals surface area contributed by atoms with Gasteiger partial charge in [0.15, 0.2) is 0 Å². The monoisotopic (exact) mass is 789 g/mol. The van der Waals surface area contributed by atoms with Gasteiger partial charge in [-0.15, -0.1) is 0 Å². The number of amides is 1. The molecule has 14 heteroatoms. The lowest BCUT2D eigenvalue weighted by molar-refractivity contribution is -0.141. The molecule has 1 aromatic heterocycles. The average Bonchev–Trinajstić information content (AvgIpc) is 3.23. The largest absolute Gasteiger partial charge is 0.494 e. The van der Waals surface area contributed by atoms with Crippen molar-refractivity contribution < 1.29 is 33.3 Å². The van der Waals surface area contributed by atoms with Crippen molar-refractivity contribution in [2.75, 3.05) is 78.8 Å². The number of nitrogens with two attached hydrogens (primary N) is 2. The smallest absolute Gasteiger partial charge is 0.305 e. The Bertz CT molecular complexity index is 1640. The Balaban J connectivity index is 1.12. The standard InChI is InChI=1S/C43H63N7O7/c1-33(34-13-15-38(16-14-34)57-27-7-5-4-6-25-54-28-30-56-31-29-55-26-9-12-39(51)53-3)47-41(52)36-10-8-11-37(32-36)49-43(19-23-50(2)24-20-43)42(45)48-40(44)35-17-21-46-22-18-35/h8,10-11,13-18,21-22,32-33,42,49H,4-7,9,12,19-20,23-31,45H2,1-3H3,(H2,44,48)(H,47,52)/t33-,42?/m1/s1. The van der Waals surface area contributed by atoms with Crippen LogP contribution in [0, 0.1) is 0 Å². The van der Waals surface area contributed by atoms with Crippen molar-refractivity contribution in [1.82, 2.24) is 15.2 Å². The SMILES string of the molecule is COC(=O)CCCOCCOCCOCCCCCCOc1ccc([C@@H](C)NC(=O)c2cccc(NC3(C(N)N=C(N)c4ccncc4)CCN(C)CC3)c2)cc1. The maximum atomic E-state index is 13.4. The topological polar surface area (TPSA) is 185 Å². The molecule has 0 spiro atoms. The number of nitrogens with zero attached hydrogens (tertiary/aromatic N) is 3. The van der Waals surface area contributed by atoms with E-state index >= 15 is 0 Å². The summed E-state index contributed by atoms with van der Waals surface area (Å²) >= 11 is 0. The fraction of sp³-hybridized carbons (Fsp3) is 0.535. The minimum Gasteiger partial charge on any atom is -0.494 e. The first-order valence-corrected chi connectivity index (χ1v) is 20.1. The van der Waals surface area contributed by atoms with Crippen LogP contribution in [0.15, 0.2) is 78.0 Å². The summed E-state index contributed by atoms with van der Waals surface area (Å²) in [5.74, 6) is 0.783. The predicted octanol–water partition coefficient (Wildman–Crippen LogP) is 5.08. The highest BCUT2D eigenvalue weighted by atomic mass is 16.5. The highest BCUT2D eigenvalue weighted by molar-refractivity contribution is 5.97. The van der Waals surface area contributed by atoms with Gasteiger partial charge in [-0.2, -0.15) is 0 Å². The Morgan fingerprint density at radius 2 is 1.47 bits per heavy atom. The molecule has 1 saturated heterocycles. The van der Waals surface area contributed by atoms with Crippen LogP contribution in [0.5, 0.6) is 5.75 Å². The zero-order valence-electron chi connectivity index (χ0n) is 34.0. The number of pyridine rings is 1. The Kier molecular flexibility index (Phi) is 19.7. The van der Waals surface area contributed by atoms with Crippen molar-refractivity contribution >= 4 is 23.4 Å². The Hall–Kier alpha value is -4.60. The van der Waals surface area contributed by atoms with Crippen LogP contribution >= 0.6 is 0 Å². The van der Waals surface area contributed by atoms with Crippen LogP contribution in [0.1, 0.15) is 85.8 Å². The van der Waals surface area contributed by atoms with Crippen molar-refractivity contribution in [2.45, 2.75) is 76.0 Å². The second-order valence-corrected chi connectivity index (χ2v) is 14.4. The summed E-state index contributed by atoms with van der Waals surface area (Å²) in [5, 5.41) is 6.80. The average molecular weight is 790 g/mol. The molecule has 1 aliphatic heterocycles. The summed E-state index contributed by atoms with van der Waals surface area (Å²) in [6.45, 7) is 7.64. The number of piperidine rings is 1. The molecule has 4 rings (SSSR count). The second-order valence-electron chi connectivity index (χ2n) is 14.4. The molecule has 0 saturated carbocycles. The van der Waals surface area contributed by atoms with E-state index in [-0.39, 0.29) is 17.9 Å². The van der Waals surface area contributed by atoms with E-state index in [1.165, 1.54) is 7.11 Å². The fourth-order valence-electron chi connectivity index (χ4n) is 6.44. The minimum atomic E-state index is -0.609. The van der Waals surface area contributed by atoms with Gasteiger partial charge in [-0.1, -0.05) is 24.6 Å². The van der Waals surface area contributed by atoms with Gasteiger partial charge in [-0.25, -0.2) is 4.99 Å². The van der Waals surface area contributed by atoms with E-state index in [9.17, 15) is 9.59 Å². The maximum absolute atomic E-state index is 13.4. The number of nitrogens with one attached hydrogen (secondary N) is 2. The maximum Gasteiger partial charge on any atom is 0.305 e. The number of anilines is 1. The van der Waals surface area contributed by atoms with Gasteiger partial charge in [0.25, 0.3) is 5.91 Å². The van der Waals surface area contributed by atoms with E-state index in [1.807, 2.05) is 67.6 Å². The van der Waals surface area contributed by atoms with Crippen molar-refractivity contribution in [3.05, 3.63) is 89.7 Å². The number of unbranched alkanes of at least 4 members (excludes halogenated alkanes) is 3. The molecule has 1 amide bonds. The van der Waals surface area contributed by atoms with Crippen LogP contribution < -0.4 is 26.8 Å². The molecule has 57 heavy (non-hydrogen) atoms. The van der Waals surface area contributed by atoms with Gasteiger partial charge in [0.05, 0.1) is 51.7 Å². The van der Waals surface area contributed by atoms with Gasteiger partial charge >= 0.3 is 5.97 Å². The highest BCUT2D eigenvalue weighted by Gasteiger charge is 2.40. The van der Waals surface area contributed by atoms with Gasteiger partial charge in [0.2, 0.25) is 0 Å². The normalized spacial score (nSPS) is 15.4. The third-order valence-corrected chi connectivity index (χ3v) is 10.0. The van der Waals surface area contributed by atoms with Crippen LogP contribution in [0.3, 0.4) is 0 Å². The Morgan fingerprint density at radius 1 is 0.842 bits per heavy atom. The number of aliphatic imine (C=N–C) groups is 1. The Labute approximate surface area is 338 Å². The van der Waals surface area contributed by atoms with Crippen LogP contribution in [-0.2, 0) is 23.7 Å². The third-order valence-electron chi connectivity index (χ3n) is 10.0. The molecule has 1 fully saturated rings. The van der Waals surface area contributed by atoms with Crippen molar-refractivity contribution in [3.8, 4) is 5.75 Å². The number of rotatable bonds is 26. The van der Waals surface area contributed by atoms with Crippen LogP contribution in [0.25, 0.3) is 0 Å². The first-order chi connectivity index (χ1) is 27.7. The molecule has 0 radical (unpaired) electrons. The first kappa shape index (κ1) is 45.1. The van der Waals surface area contributed by atoms with Crippen molar-refractivity contribution in [2.24, 2.45) is 16.5 Å². The van der Waals surface area contributed by atoms with Crippen molar-refractivity contribution in [3.63, 3.8) is 0 Å². The quantitative estimate of drug-likeness (QED) is 0.0367. The van der Waals surface area contributed by atoms with Crippen LogP contribution in [0.2, 0.25) is 0 Å². The van der Waals surface area contributed by atoms with Gasteiger partial charge < -0.3 is 50.7 Å². The fourth-order valence-corrected chi connectivity index (χ4v) is 6.44. The van der Waals surface area contributed by atoms with E-state index < -0.39 is 11.7 Å². The summed E-state index contributed by atoms with van der Waals surface area (Å²) in [4.78, 5) is 35.5. The van der Waals surface area contributed by atoms with E-state index in [4.69, 9.17) is 35.4 Å². The Morgan fingerprint density at radius 3 is 2.14 bits per heavy atom. The second kappa shape index (κ2) is 24.9. The van der Waals surface area contributed by atoms with E-state index in [0.29, 0.717) is 70.5 Å². The lowest BCUT2D eigenvalue weighted by Gasteiger charge is -2.44. The van der Waals surface area contributed by atoms with Gasteiger partial charge in [-0.3, -0.25) is 14.6 Å². The summed E-state index contributed by atoms with van der Waals surface area (Å²) in [5.41, 5.74) is 15.7. The van der Waals surface area contributed by atoms with Crippen LogP contribution in [0.4, 0.5) is 5.69 Å². The van der Waals surface area contributed by atoms with E-state index in [1.54, 1.807) is 12.4 Å². The molecular weight excluding hydrogens is 727 g/mol. The van der Waals surface area contributed by atoms with Gasteiger partial charge in [0, 0.05) is 61.9 Å². The summed E-state index contributed by atoms with van der Waals surface area (Å²) in [6, 6.07) is 18.8. The van der Waals surface area contributed by atoms with Gasteiger partial charge in [-0.05, 0) is 101 Å². The molecule has 0 aliphatic carbocycles. The number of likely N-dealkylation sites (tertiary alicyclic amines) is 1. The first-order valence-electron chi connectivity index (χ1n) is 20.1. The molecule has 2 atom stereocenters. The predicted molar refractivity (Wildman–Crippen MR) is 222 cm³/mol.